The van der Waals surface area contributed by atoms with Crippen LogP contribution in [0.4, 0.5) is 9.18 Å². The molecule has 0 unspecified atom stereocenters. The molecule has 1 N–H and O–H groups in total. The Labute approximate surface area is 100 Å². The lowest BCUT2D eigenvalue weighted by Gasteiger charge is -2.22. The first-order valence-corrected chi connectivity index (χ1v) is 5.39. The summed E-state index contributed by atoms with van der Waals surface area (Å²) in [7, 11) is 0. The molecule has 0 saturated heterocycles. The van der Waals surface area contributed by atoms with Gasteiger partial charge >= 0.3 is 6.09 Å². The van der Waals surface area contributed by atoms with E-state index in [1.54, 1.807) is 39.8 Å². The molecule has 17 heavy (non-hydrogen) atoms. The zero-order chi connectivity index (χ0) is 13.1. The molecule has 0 aliphatic rings. The second kappa shape index (κ2) is 5.12. The Kier molecular flexibility index (Phi) is 4.04. The van der Waals surface area contributed by atoms with Crippen LogP contribution in [0.2, 0.25) is 0 Å². The van der Waals surface area contributed by atoms with Crippen LogP contribution in [0, 0.1) is 5.95 Å². The van der Waals surface area contributed by atoms with Gasteiger partial charge in [0.05, 0.1) is 6.04 Å². The van der Waals surface area contributed by atoms with Crippen LogP contribution in [0.15, 0.2) is 18.3 Å². The summed E-state index contributed by atoms with van der Waals surface area (Å²) in [6.07, 6.45) is 0.784. The van der Waals surface area contributed by atoms with Crippen molar-refractivity contribution in [2.45, 2.75) is 39.3 Å². The molecule has 0 spiro atoms. The van der Waals surface area contributed by atoms with Crippen molar-refractivity contribution in [1.29, 1.82) is 0 Å². The molecule has 0 saturated carbocycles. The zero-order valence-corrected chi connectivity index (χ0v) is 10.5. The van der Waals surface area contributed by atoms with Gasteiger partial charge in [-0.15, -0.1) is 0 Å². The fourth-order valence-electron chi connectivity index (χ4n) is 1.28. The van der Waals surface area contributed by atoms with Crippen LogP contribution >= 0.6 is 0 Å². The van der Waals surface area contributed by atoms with E-state index in [9.17, 15) is 9.18 Å². The third-order valence-corrected chi connectivity index (χ3v) is 1.99. The van der Waals surface area contributed by atoms with E-state index in [1.165, 1.54) is 6.20 Å². The van der Waals surface area contributed by atoms with Crippen molar-refractivity contribution < 1.29 is 13.9 Å². The van der Waals surface area contributed by atoms with Crippen LogP contribution in [-0.4, -0.2) is 16.7 Å². The smallest absolute Gasteiger partial charge is 0.408 e. The lowest BCUT2D eigenvalue weighted by atomic mass is 10.1. The summed E-state index contributed by atoms with van der Waals surface area (Å²) in [5.41, 5.74) is -0.240. The van der Waals surface area contributed by atoms with Gasteiger partial charge in [0.2, 0.25) is 5.95 Å². The maximum Gasteiger partial charge on any atom is 0.408 e. The van der Waals surface area contributed by atoms with Crippen LogP contribution in [-0.2, 0) is 4.74 Å². The van der Waals surface area contributed by atoms with Gasteiger partial charge in [0, 0.05) is 11.8 Å². The SMILES string of the molecule is C[C@H](NC(=O)OC(C)(C)C)c1cccnc1F. The Bertz CT molecular complexity index is 402. The van der Waals surface area contributed by atoms with Crippen molar-refractivity contribution in [3.63, 3.8) is 0 Å². The number of amides is 1. The molecule has 1 rings (SSSR count). The Morgan fingerprint density at radius 2 is 2.18 bits per heavy atom. The molecule has 0 bridgehead atoms. The predicted octanol–water partition coefficient (Wildman–Crippen LogP) is 2.81. The highest BCUT2D eigenvalue weighted by Crippen LogP contribution is 2.15. The van der Waals surface area contributed by atoms with E-state index >= 15 is 0 Å². The summed E-state index contributed by atoms with van der Waals surface area (Å²) in [5.74, 6) is -0.587. The molecular weight excluding hydrogens is 223 g/mol. The van der Waals surface area contributed by atoms with E-state index in [-0.39, 0.29) is 0 Å². The first kappa shape index (κ1) is 13.4. The molecule has 0 radical (unpaired) electrons. The van der Waals surface area contributed by atoms with Crippen LogP contribution in [0.25, 0.3) is 0 Å². The van der Waals surface area contributed by atoms with Gasteiger partial charge in [-0.1, -0.05) is 6.07 Å². The standard InChI is InChI=1S/C12H17FN2O2/c1-8(9-6-5-7-14-10(9)13)15-11(16)17-12(2,3)4/h5-8H,1-4H3,(H,15,16)/t8-/m0/s1. The Hall–Kier alpha value is -1.65. The molecular formula is C12H17FN2O2. The highest BCUT2D eigenvalue weighted by Gasteiger charge is 2.19. The van der Waals surface area contributed by atoms with Gasteiger partial charge in [0.15, 0.2) is 0 Å². The number of pyridine rings is 1. The number of aromatic nitrogens is 1. The largest absolute Gasteiger partial charge is 0.444 e. The lowest BCUT2D eigenvalue weighted by Crippen LogP contribution is -2.34. The van der Waals surface area contributed by atoms with Gasteiger partial charge in [-0.05, 0) is 33.8 Å². The number of halogens is 1. The molecule has 0 aliphatic carbocycles. The minimum atomic E-state index is -0.587. The van der Waals surface area contributed by atoms with Gasteiger partial charge in [-0.25, -0.2) is 9.78 Å². The van der Waals surface area contributed by atoms with Gasteiger partial charge in [-0.3, -0.25) is 0 Å². The third-order valence-electron chi connectivity index (χ3n) is 1.99. The number of hydrogen-bond donors (Lipinski definition) is 1. The van der Waals surface area contributed by atoms with Crippen molar-refractivity contribution in [1.82, 2.24) is 10.3 Å². The molecule has 1 aromatic rings. The number of alkyl carbamates (subject to hydrolysis) is 1. The van der Waals surface area contributed by atoms with Crippen LogP contribution < -0.4 is 5.32 Å². The van der Waals surface area contributed by atoms with E-state index in [4.69, 9.17) is 4.74 Å². The van der Waals surface area contributed by atoms with E-state index in [1.807, 2.05) is 0 Å². The number of rotatable bonds is 2. The van der Waals surface area contributed by atoms with Crippen LogP contribution in [0.1, 0.15) is 39.3 Å². The monoisotopic (exact) mass is 240 g/mol. The van der Waals surface area contributed by atoms with Gasteiger partial charge < -0.3 is 10.1 Å². The van der Waals surface area contributed by atoms with E-state index < -0.39 is 23.7 Å². The average molecular weight is 240 g/mol. The lowest BCUT2D eigenvalue weighted by molar-refractivity contribution is 0.0507. The summed E-state index contributed by atoms with van der Waals surface area (Å²) >= 11 is 0. The topological polar surface area (TPSA) is 51.2 Å². The maximum absolute atomic E-state index is 13.3. The second-order valence-electron chi connectivity index (χ2n) is 4.75. The van der Waals surface area contributed by atoms with Crippen molar-refractivity contribution in [2.75, 3.05) is 0 Å². The third kappa shape index (κ3) is 4.38. The van der Waals surface area contributed by atoms with Gasteiger partial charge in [0.1, 0.15) is 5.60 Å². The number of carbonyl (C=O) groups is 1. The van der Waals surface area contributed by atoms with Gasteiger partial charge in [-0.2, -0.15) is 4.39 Å². The summed E-state index contributed by atoms with van der Waals surface area (Å²) in [6.45, 7) is 6.97. The number of nitrogens with zero attached hydrogens (tertiary/aromatic N) is 1. The summed E-state index contributed by atoms with van der Waals surface area (Å²) in [5, 5.41) is 2.55. The molecule has 0 fully saturated rings. The first-order chi connectivity index (χ1) is 7.79. The zero-order valence-electron chi connectivity index (χ0n) is 10.5. The molecule has 94 valence electrons. The Balaban J connectivity index is 2.64. The first-order valence-electron chi connectivity index (χ1n) is 5.39. The minimum Gasteiger partial charge on any atom is -0.444 e. The number of carbonyl (C=O) groups excluding carboxylic acids is 1. The maximum atomic E-state index is 13.3. The fraction of sp³-hybridized carbons (Fsp3) is 0.500. The summed E-state index contributed by atoms with van der Waals surface area (Å²) in [6, 6.07) is 2.70. The van der Waals surface area contributed by atoms with Crippen LogP contribution in [0.3, 0.4) is 0 Å². The molecule has 4 nitrogen and oxygen atoms in total. The quantitative estimate of drug-likeness (QED) is 0.809. The van der Waals surface area contributed by atoms with Crippen molar-refractivity contribution in [3.05, 3.63) is 29.8 Å². The van der Waals surface area contributed by atoms with Crippen LogP contribution in [0.5, 0.6) is 0 Å². The number of nitrogens with one attached hydrogen (secondary N) is 1. The van der Waals surface area contributed by atoms with E-state index in [2.05, 4.69) is 10.3 Å². The molecule has 1 amide bonds. The molecule has 0 aromatic carbocycles. The molecule has 1 atom stereocenters. The fourth-order valence-corrected chi connectivity index (χ4v) is 1.28. The molecule has 0 aliphatic heterocycles. The van der Waals surface area contributed by atoms with E-state index in [0.29, 0.717) is 5.56 Å². The minimum absolute atomic E-state index is 0.332. The molecule has 1 heterocycles. The highest BCUT2D eigenvalue weighted by atomic mass is 19.1. The van der Waals surface area contributed by atoms with Crippen molar-refractivity contribution in [2.24, 2.45) is 0 Å². The number of ether oxygens (including phenoxy) is 1. The average Bonchev–Trinajstić information content (AvgIpc) is 2.14. The molecule has 1 aromatic heterocycles. The Morgan fingerprint density at radius 3 is 2.71 bits per heavy atom. The van der Waals surface area contributed by atoms with Crippen molar-refractivity contribution in [3.8, 4) is 0 Å². The normalized spacial score (nSPS) is 13.0. The second-order valence-corrected chi connectivity index (χ2v) is 4.75. The van der Waals surface area contributed by atoms with E-state index in [0.717, 1.165) is 0 Å². The highest BCUT2D eigenvalue weighted by molar-refractivity contribution is 5.68. The van der Waals surface area contributed by atoms with Crippen molar-refractivity contribution >= 4 is 6.09 Å². The number of hydrogen-bond acceptors (Lipinski definition) is 3. The predicted molar refractivity (Wildman–Crippen MR) is 62.0 cm³/mol. The summed E-state index contributed by atoms with van der Waals surface area (Å²) in [4.78, 5) is 15.0. The summed E-state index contributed by atoms with van der Waals surface area (Å²) < 4.78 is 18.4. The Morgan fingerprint density at radius 1 is 1.53 bits per heavy atom. The molecule has 5 heteroatoms. The van der Waals surface area contributed by atoms with Gasteiger partial charge in [0.25, 0.3) is 0 Å².